The third-order valence-electron chi connectivity index (χ3n) is 6.36. The maximum Gasteiger partial charge on any atom is 0.242 e. The molecule has 1 fully saturated rings. The van der Waals surface area contributed by atoms with E-state index in [-0.39, 0.29) is 18.2 Å². The maximum atomic E-state index is 13.5. The lowest BCUT2D eigenvalue weighted by Gasteiger charge is -2.19. The Hall–Kier alpha value is -2.77. The molecule has 2 amide bonds. The van der Waals surface area contributed by atoms with E-state index in [9.17, 15) is 9.59 Å². The van der Waals surface area contributed by atoms with E-state index in [1.54, 1.807) is 17.0 Å². The number of ether oxygens (including phenoxy) is 1. The fraction of sp³-hybridized carbons (Fsp3) is 0.393. The largest absolute Gasteiger partial charge is 0.492 e. The van der Waals surface area contributed by atoms with Crippen LogP contribution in [0.1, 0.15) is 51.0 Å². The number of nitrogens with one attached hydrogen (secondary N) is 1. The maximum absolute atomic E-state index is 13.5. The van der Waals surface area contributed by atoms with Crippen molar-refractivity contribution in [2.75, 3.05) is 18.5 Å². The zero-order valence-electron chi connectivity index (χ0n) is 20.8. The highest BCUT2D eigenvalue weighted by Crippen LogP contribution is 2.36. The van der Waals surface area contributed by atoms with Gasteiger partial charge in [0.15, 0.2) is 5.17 Å². The van der Waals surface area contributed by atoms with Crippen molar-refractivity contribution in [2.24, 2.45) is 4.99 Å². The van der Waals surface area contributed by atoms with Crippen LogP contribution in [0.25, 0.3) is 0 Å². The molecule has 1 unspecified atom stereocenters. The van der Waals surface area contributed by atoms with Crippen molar-refractivity contribution in [1.82, 2.24) is 4.90 Å². The normalized spacial score (nSPS) is 18.9. The molecule has 4 rings (SSSR count). The number of para-hydroxylation sites is 2. The van der Waals surface area contributed by atoms with Crippen molar-refractivity contribution in [2.45, 2.75) is 57.6 Å². The van der Waals surface area contributed by atoms with Crippen LogP contribution in [0.4, 0.5) is 11.4 Å². The minimum Gasteiger partial charge on any atom is -0.492 e. The number of hydrogen-bond acceptors (Lipinski definition) is 5. The molecule has 1 atom stereocenters. The first-order chi connectivity index (χ1) is 17.5. The summed E-state index contributed by atoms with van der Waals surface area (Å²) in [6.07, 6.45) is 7.79. The van der Waals surface area contributed by atoms with Crippen LogP contribution in [0.15, 0.2) is 59.1 Å². The summed E-state index contributed by atoms with van der Waals surface area (Å²) in [5.41, 5.74) is 3.53. The molecule has 2 aromatic rings. The van der Waals surface area contributed by atoms with Crippen molar-refractivity contribution in [1.29, 1.82) is 0 Å². The Morgan fingerprint density at radius 1 is 1.22 bits per heavy atom. The number of thioether (sulfide) groups is 1. The van der Waals surface area contributed by atoms with Gasteiger partial charge in [-0.2, -0.15) is 0 Å². The van der Waals surface area contributed by atoms with Gasteiger partial charge in [0.25, 0.3) is 0 Å². The Balaban J connectivity index is 1.53. The molecule has 1 aliphatic carbocycles. The molecule has 0 spiro atoms. The van der Waals surface area contributed by atoms with Crippen LogP contribution >= 0.6 is 23.4 Å². The number of carbonyl (C=O) groups excluding carboxylic acids is 2. The summed E-state index contributed by atoms with van der Waals surface area (Å²) >= 11 is 7.54. The molecule has 2 aromatic carbocycles. The number of hydrogen-bond donors (Lipinski definition) is 1. The van der Waals surface area contributed by atoms with Gasteiger partial charge in [-0.1, -0.05) is 53.2 Å². The van der Waals surface area contributed by atoms with Crippen molar-refractivity contribution < 1.29 is 14.3 Å². The first-order valence-electron chi connectivity index (χ1n) is 12.5. The van der Waals surface area contributed by atoms with Gasteiger partial charge in [0, 0.05) is 23.7 Å². The molecule has 1 saturated heterocycles. The van der Waals surface area contributed by atoms with Crippen LogP contribution in [-0.4, -0.2) is 40.3 Å². The van der Waals surface area contributed by atoms with E-state index in [2.05, 4.69) is 11.4 Å². The molecule has 8 heteroatoms. The predicted octanol–water partition coefficient (Wildman–Crippen LogP) is 6.90. The lowest BCUT2D eigenvalue weighted by molar-refractivity contribution is -0.128. The standard InChI is InChI=1S/C28H32ClN3O3S/c1-3-35-24-15-8-7-13-23(24)31-28-32(17-16-20-10-5-4-6-11-20)27(34)25(36-28)18-26(33)30-22-14-9-12-21(29)19(22)2/h7-10,12-15,25H,3-6,11,16-18H2,1-2H3,(H,30,33). The Morgan fingerprint density at radius 3 is 2.83 bits per heavy atom. The fourth-order valence-electron chi connectivity index (χ4n) is 4.36. The van der Waals surface area contributed by atoms with E-state index < -0.39 is 5.25 Å². The SMILES string of the molecule is CCOc1ccccc1N=C1SC(CC(=O)Nc2cccc(Cl)c2C)C(=O)N1CCC1=CCCCC1. The van der Waals surface area contributed by atoms with Gasteiger partial charge in [-0.25, -0.2) is 4.99 Å². The van der Waals surface area contributed by atoms with Crippen LogP contribution in [0, 0.1) is 6.92 Å². The summed E-state index contributed by atoms with van der Waals surface area (Å²) in [4.78, 5) is 32.9. The van der Waals surface area contributed by atoms with Gasteiger partial charge in [0.05, 0.1) is 6.61 Å². The Kier molecular flexibility index (Phi) is 9.10. The van der Waals surface area contributed by atoms with Crippen LogP contribution < -0.4 is 10.1 Å². The summed E-state index contributed by atoms with van der Waals surface area (Å²) in [6, 6.07) is 12.9. The van der Waals surface area contributed by atoms with Crippen LogP contribution in [0.5, 0.6) is 5.75 Å². The van der Waals surface area contributed by atoms with Crippen molar-refractivity contribution in [3.05, 3.63) is 64.7 Å². The van der Waals surface area contributed by atoms with E-state index in [1.165, 1.54) is 30.2 Å². The first kappa shape index (κ1) is 26.3. The zero-order chi connectivity index (χ0) is 25.5. The summed E-state index contributed by atoms with van der Waals surface area (Å²) in [7, 11) is 0. The second kappa shape index (κ2) is 12.5. The number of amidine groups is 1. The molecule has 36 heavy (non-hydrogen) atoms. The van der Waals surface area contributed by atoms with Crippen LogP contribution in [-0.2, 0) is 9.59 Å². The van der Waals surface area contributed by atoms with E-state index in [4.69, 9.17) is 21.3 Å². The van der Waals surface area contributed by atoms with Gasteiger partial charge >= 0.3 is 0 Å². The Bertz CT molecular complexity index is 1180. The number of rotatable bonds is 9. The topological polar surface area (TPSA) is 71.0 Å². The summed E-state index contributed by atoms with van der Waals surface area (Å²) in [5.74, 6) is 0.368. The second-order valence-corrected chi connectivity index (χ2v) is 10.5. The minimum atomic E-state index is -0.539. The quantitative estimate of drug-likeness (QED) is 0.361. The van der Waals surface area contributed by atoms with Crippen molar-refractivity contribution in [3.8, 4) is 5.75 Å². The van der Waals surface area contributed by atoms with Crippen molar-refractivity contribution >= 4 is 51.7 Å². The van der Waals surface area contributed by atoms with E-state index in [1.807, 2.05) is 44.2 Å². The lowest BCUT2D eigenvalue weighted by atomic mass is 9.97. The first-order valence-corrected chi connectivity index (χ1v) is 13.7. The number of aliphatic imine (C=N–C) groups is 1. The third-order valence-corrected chi connectivity index (χ3v) is 7.94. The van der Waals surface area contributed by atoms with Crippen molar-refractivity contribution in [3.63, 3.8) is 0 Å². The summed E-state index contributed by atoms with van der Waals surface area (Å²) in [6.45, 7) is 4.87. The van der Waals surface area contributed by atoms with Gasteiger partial charge in [-0.3, -0.25) is 14.5 Å². The third kappa shape index (κ3) is 6.51. The van der Waals surface area contributed by atoms with Gasteiger partial charge in [-0.05, 0) is 75.8 Å². The van der Waals surface area contributed by atoms with Gasteiger partial charge in [-0.15, -0.1) is 0 Å². The summed E-state index contributed by atoms with van der Waals surface area (Å²) in [5, 5.41) is 3.57. The number of anilines is 1. The molecule has 0 aromatic heterocycles. The average molecular weight is 526 g/mol. The molecule has 1 aliphatic heterocycles. The lowest BCUT2D eigenvalue weighted by Crippen LogP contribution is -2.34. The van der Waals surface area contributed by atoms with E-state index in [0.29, 0.717) is 40.5 Å². The van der Waals surface area contributed by atoms with Crippen LogP contribution in [0.3, 0.4) is 0 Å². The minimum absolute atomic E-state index is 0.0563. The molecular formula is C28H32ClN3O3S. The average Bonchev–Trinajstić information content (AvgIpc) is 3.16. The van der Waals surface area contributed by atoms with E-state index >= 15 is 0 Å². The molecule has 0 bridgehead atoms. The highest BCUT2D eigenvalue weighted by atomic mass is 35.5. The van der Waals surface area contributed by atoms with E-state index in [0.717, 1.165) is 24.8 Å². The monoisotopic (exact) mass is 525 g/mol. The smallest absolute Gasteiger partial charge is 0.242 e. The molecule has 6 nitrogen and oxygen atoms in total. The molecule has 0 saturated carbocycles. The number of allylic oxidation sites excluding steroid dienone is 1. The molecule has 1 N–H and O–H groups in total. The Labute approximate surface area is 222 Å². The van der Waals surface area contributed by atoms with Crippen LogP contribution in [0.2, 0.25) is 5.02 Å². The number of carbonyl (C=O) groups is 2. The zero-order valence-corrected chi connectivity index (χ0v) is 22.3. The van der Waals surface area contributed by atoms with Gasteiger partial charge in [0.2, 0.25) is 11.8 Å². The predicted molar refractivity (Wildman–Crippen MR) is 148 cm³/mol. The molecule has 190 valence electrons. The number of halogens is 1. The second-order valence-electron chi connectivity index (χ2n) is 8.91. The fourth-order valence-corrected chi connectivity index (χ4v) is 5.71. The van der Waals surface area contributed by atoms with Gasteiger partial charge in [0.1, 0.15) is 16.7 Å². The number of benzene rings is 2. The highest BCUT2D eigenvalue weighted by molar-refractivity contribution is 8.15. The number of amides is 2. The molecule has 0 radical (unpaired) electrons. The highest BCUT2D eigenvalue weighted by Gasteiger charge is 2.39. The summed E-state index contributed by atoms with van der Waals surface area (Å²) < 4.78 is 5.74. The number of nitrogens with zero attached hydrogens (tertiary/aromatic N) is 2. The van der Waals surface area contributed by atoms with Gasteiger partial charge < -0.3 is 10.1 Å². The molecular weight excluding hydrogens is 494 g/mol. The Morgan fingerprint density at radius 2 is 2.06 bits per heavy atom. The molecule has 2 aliphatic rings. The molecule has 1 heterocycles.